The van der Waals surface area contributed by atoms with E-state index in [-0.39, 0.29) is 11.8 Å². The second-order valence-electron chi connectivity index (χ2n) is 3.69. The van der Waals surface area contributed by atoms with Crippen molar-refractivity contribution in [2.45, 2.75) is 12.8 Å². The molecule has 0 aromatic rings. The Balaban J connectivity index is 2.34. The molecule has 78 valence electrons. The van der Waals surface area contributed by atoms with Crippen LogP contribution >= 0.6 is 0 Å². The Morgan fingerprint density at radius 1 is 1.47 bits per heavy atom. The quantitative estimate of drug-likeness (QED) is 0.359. The van der Waals surface area contributed by atoms with E-state index in [1.165, 1.54) is 0 Å². The predicted octanol–water partition coefficient (Wildman–Crippen LogP) is 0.650. The minimum atomic E-state index is -0.618. The lowest BCUT2D eigenvalue weighted by molar-refractivity contribution is -0.147. The number of likely N-dealkylation sites (tertiary alicyclic amines) is 1. The first kappa shape index (κ1) is 9.83. The van der Waals surface area contributed by atoms with Crippen LogP contribution < -0.4 is 0 Å². The molecule has 0 saturated carbocycles. The Morgan fingerprint density at radius 3 is 2.80 bits per heavy atom. The van der Waals surface area contributed by atoms with Crippen LogP contribution in [-0.2, 0) is 14.4 Å². The summed E-state index contributed by atoms with van der Waals surface area (Å²) in [5.74, 6) is -2.18. The molecule has 1 saturated heterocycles. The molecule has 2 atom stereocenters. The van der Waals surface area contributed by atoms with Crippen molar-refractivity contribution in [1.29, 1.82) is 0 Å². The number of amides is 3. The molecule has 0 aromatic carbocycles. The van der Waals surface area contributed by atoms with Crippen LogP contribution in [0.2, 0.25) is 0 Å². The third kappa shape index (κ3) is 1.33. The first-order valence-corrected chi connectivity index (χ1v) is 4.87. The average molecular weight is 205 g/mol. The monoisotopic (exact) mass is 205 g/mol. The fourth-order valence-electron chi connectivity index (χ4n) is 2.10. The van der Waals surface area contributed by atoms with E-state index in [1.807, 2.05) is 6.08 Å². The van der Waals surface area contributed by atoms with E-state index in [9.17, 15) is 14.4 Å². The van der Waals surface area contributed by atoms with Crippen molar-refractivity contribution in [3.8, 4) is 0 Å². The van der Waals surface area contributed by atoms with Crippen LogP contribution in [0, 0.1) is 11.8 Å². The van der Waals surface area contributed by atoms with Crippen molar-refractivity contribution in [3.05, 3.63) is 24.8 Å². The summed E-state index contributed by atoms with van der Waals surface area (Å²) in [6, 6.07) is 0. The highest BCUT2D eigenvalue weighted by Crippen LogP contribution is 2.34. The molecule has 0 spiro atoms. The van der Waals surface area contributed by atoms with E-state index in [2.05, 4.69) is 6.58 Å². The maximum Gasteiger partial charge on any atom is 0.259 e. The van der Waals surface area contributed by atoms with Crippen molar-refractivity contribution >= 4 is 17.7 Å². The van der Waals surface area contributed by atoms with Gasteiger partial charge in [0.15, 0.2) is 0 Å². The fraction of sp³-hybridized carbons (Fsp3) is 0.364. The van der Waals surface area contributed by atoms with Crippen LogP contribution in [0.25, 0.3) is 0 Å². The average Bonchev–Trinajstić information content (AvgIpc) is 2.52. The second kappa shape index (κ2) is 3.46. The number of nitrogens with zero attached hydrogens (tertiary/aromatic N) is 1. The summed E-state index contributed by atoms with van der Waals surface area (Å²) in [5.41, 5.74) is 0. The molecule has 1 heterocycles. The maximum absolute atomic E-state index is 11.8. The number of imide groups is 3. The number of hydrogen-bond acceptors (Lipinski definition) is 3. The molecule has 2 aliphatic rings. The van der Waals surface area contributed by atoms with Gasteiger partial charge in [-0.1, -0.05) is 18.7 Å². The summed E-state index contributed by atoms with van der Waals surface area (Å²) in [6.45, 7) is 3.28. The molecule has 0 aromatic heterocycles. The largest absolute Gasteiger partial charge is 0.274 e. The van der Waals surface area contributed by atoms with Crippen LogP contribution in [0.3, 0.4) is 0 Å². The Kier molecular flexibility index (Phi) is 2.26. The van der Waals surface area contributed by atoms with Gasteiger partial charge in [0, 0.05) is 0 Å². The minimum absolute atomic E-state index is 0.341. The SMILES string of the molecule is C=CC(=O)N1C(=O)C2C=CCCC2C1=O. The van der Waals surface area contributed by atoms with Crippen LogP contribution in [0.5, 0.6) is 0 Å². The van der Waals surface area contributed by atoms with Crippen LogP contribution in [0.15, 0.2) is 24.8 Å². The molecule has 15 heavy (non-hydrogen) atoms. The lowest BCUT2D eigenvalue weighted by Gasteiger charge is -2.14. The van der Waals surface area contributed by atoms with Gasteiger partial charge in [-0.15, -0.1) is 0 Å². The predicted molar refractivity (Wildman–Crippen MR) is 52.4 cm³/mol. The van der Waals surface area contributed by atoms with Crippen molar-refractivity contribution in [2.24, 2.45) is 11.8 Å². The standard InChI is InChI=1S/C11H11NO3/c1-2-9(13)12-10(14)7-5-3-4-6-8(7)11(12)15/h2-3,5,7-8H,1,4,6H2. The van der Waals surface area contributed by atoms with E-state index >= 15 is 0 Å². The van der Waals surface area contributed by atoms with Gasteiger partial charge >= 0.3 is 0 Å². The van der Waals surface area contributed by atoms with Gasteiger partial charge in [0.2, 0.25) is 11.8 Å². The van der Waals surface area contributed by atoms with E-state index in [0.29, 0.717) is 6.42 Å². The molecule has 4 nitrogen and oxygen atoms in total. The summed E-state index contributed by atoms with van der Waals surface area (Å²) in [7, 11) is 0. The summed E-state index contributed by atoms with van der Waals surface area (Å²) < 4.78 is 0. The summed E-state index contributed by atoms with van der Waals surface area (Å²) in [5, 5.41) is 0. The van der Waals surface area contributed by atoms with Gasteiger partial charge in [0.05, 0.1) is 11.8 Å². The zero-order chi connectivity index (χ0) is 11.0. The number of carbonyl (C=O) groups is 3. The van der Waals surface area contributed by atoms with Crippen LogP contribution in [0.1, 0.15) is 12.8 Å². The molecule has 2 unspecified atom stereocenters. The molecule has 0 N–H and O–H groups in total. The van der Waals surface area contributed by atoms with Crippen LogP contribution in [-0.4, -0.2) is 22.6 Å². The molecule has 4 heteroatoms. The van der Waals surface area contributed by atoms with Gasteiger partial charge in [-0.2, -0.15) is 0 Å². The number of allylic oxidation sites excluding steroid dienone is 1. The second-order valence-corrected chi connectivity index (χ2v) is 3.69. The summed E-state index contributed by atoms with van der Waals surface area (Å²) in [4.78, 5) is 35.5. The van der Waals surface area contributed by atoms with Crippen molar-refractivity contribution in [2.75, 3.05) is 0 Å². The van der Waals surface area contributed by atoms with Crippen LogP contribution in [0.4, 0.5) is 0 Å². The molecule has 1 aliphatic carbocycles. The van der Waals surface area contributed by atoms with E-state index in [4.69, 9.17) is 0 Å². The van der Waals surface area contributed by atoms with Gasteiger partial charge in [-0.05, 0) is 18.9 Å². The minimum Gasteiger partial charge on any atom is -0.274 e. The van der Waals surface area contributed by atoms with Crippen molar-refractivity contribution < 1.29 is 14.4 Å². The molecular weight excluding hydrogens is 194 g/mol. The molecule has 1 fully saturated rings. The Morgan fingerprint density at radius 2 is 2.20 bits per heavy atom. The number of carbonyl (C=O) groups excluding carboxylic acids is 3. The fourth-order valence-corrected chi connectivity index (χ4v) is 2.10. The number of hydrogen-bond donors (Lipinski definition) is 0. The third-order valence-corrected chi connectivity index (χ3v) is 2.86. The number of fused-ring (bicyclic) bond motifs is 1. The van der Waals surface area contributed by atoms with Gasteiger partial charge in [-0.25, -0.2) is 4.90 Å². The van der Waals surface area contributed by atoms with Gasteiger partial charge in [0.1, 0.15) is 0 Å². The molecule has 0 radical (unpaired) electrons. The molecule has 0 bridgehead atoms. The maximum atomic E-state index is 11.8. The summed E-state index contributed by atoms with van der Waals surface area (Å²) >= 11 is 0. The third-order valence-electron chi connectivity index (χ3n) is 2.86. The topological polar surface area (TPSA) is 54.5 Å². The smallest absolute Gasteiger partial charge is 0.259 e. The van der Waals surface area contributed by atoms with E-state index < -0.39 is 17.7 Å². The van der Waals surface area contributed by atoms with Gasteiger partial charge in [0.25, 0.3) is 5.91 Å². The lowest BCUT2D eigenvalue weighted by atomic mass is 9.86. The molecule has 2 rings (SSSR count). The highest BCUT2D eigenvalue weighted by molar-refractivity contribution is 6.19. The highest BCUT2D eigenvalue weighted by atomic mass is 16.2. The first-order valence-electron chi connectivity index (χ1n) is 4.87. The molecule has 3 amide bonds. The van der Waals surface area contributed by atoms with Crippen molar-refractivity contribution in [3.63, 3.8) is 0 Å². The van der Waals surface area contributed by atoms with Gasteiger partial charge in [-0.3, -0.25) is 14.4 Å². The van der Waals surface area contributed by atoms with Gasteiger partial charge < -0.3 is 0 Å². The summed E-state index contributed by atoms with van der Waals surface area (Å²) in [6.07, 6.45) is 6.04. The first-order chi connectivity index (χ1) is 7.16. The molecule has 1 aliphatic heterocycles. The Bertz CT molecular complexity index is 383. The normalized spacial score (nSPS) is 29.2. The van der Waals surface area contributed by atoms with Crippen molar-refractivity contribution in [1.82, 2.24) is 4.90 Å². The number of rotatable bonds is 1. The molecular formula is C11H11NO3. The highest BCUT2D eigenvalue weighted by Gasteiger charge is 2.48. The Labute approximate surface area is 87.2 Å². The zero-order valence-corrected chi connectivity index (χ0v) is 8.18. The van der Waals surface area contributed by atoms with E-state index in [0.717, 1.165) is 17.4 Å². The van der Waals surface area contributed by atoms with E-state index in [1.54, 1.807) is 6.08 Å². The Hall–Kier alpha value is -1.71. The lowest BCUT2D eigenvalue weighted by Crippen LogP contribution is -2.35. The zero-order valence-electron chi connectivity index (χ0n) is 8.18.